The lowest BCUT2D eigenvalue weighted by Gasteiger charge is -2.28. The van der Waals surface area contributed by atoms with E-state index in [0.717, 1.165) is 37.9 Å². The average molecular weight is 367 g/mol. The Hall–Kier alpha value is -2.05. The van der Waals surface area contributed by atoms with Gasteiger partial charge < -0.3 is 19.4 Å². The first kappa shape index (κ1) is 19.3. The van der Waals surface area contributed by atoms with Crippen LogP contribution in [0.5, 0.6) is 5.75 Å². The van der Waals surface area contributed by atoms with E-state index in [0.29, 0.717) is 11.3 Å². The molecule has 1 fully saturated rings. The van der Waals surface area contributed by atoms with E-state index in [-0.39, 0.29) is 31.0 Å². The molecule has 1 atom stereocenters. The number of carbonyl (C=O) groups excluding carboxylic acids is 1. The summed E-state index contributed by atoms with van der Waals surface area (Å²) in [5.41, 5.74) is 0.0523. The summed E-state index contributed by atoms with van der Waals surface area (Å²) in [7, 11) is 0. The number of fused-ring (bicyclic) bond motifs is 1. The maximum Gasteiger partial charge on any atom is 0.336 e. The van der Waals surface area contributed by atoms with Crippen LogP contribution in [-0.2, 0) is 4.79 Å². The summed E-state index contributed by atoms with van der Waals surface area (Å²) >= 11 is 0. The summed E-state index contributed by atoms with van der Waals surface area (Å²) < 4.78 is 10.8. The van der Waals surface area contributed by atoms with Crippen LogP contribution < -0.4 is 15.7 Å². The second kappa shape index (κ2) is 8.87. The largest absolute Gasteiger partial charge is 0.484 e. The zero-order valence-electron chi connectivity index (χ0n) is 14.2. The number of halogens is 1. The molecule has 2 aromatic rings. The van der Waals surface area contributed by atoms with Gasteiger partial charge in [0.15, 0.2) is 6.61 Å². The molecular formula is C18H23ClN2O4. The van der Waals surface area contributed by atoms with E-state index in [2.05, 4.69) is 12.2 Å². The molecule has 1 unspecified atom stereocenters. The lowest BCUT2D eigenvalue weighted by Crippen LogP contribution is -2.44. The summed E-state index contributed by atoms with van der Waals surface area (Å²) in [6.45, 7) is 4.57. The van der Waals surface area contributed by atoms with Gasteiger partial charge in [-0.2, -0.15) is 0 Å². The minimum atomic E-state index is -0.404. The minimum absolute atomic E-state index is 0. The van der Waals surface area contributed by atoms with Crippen LogP contribution in [0, 0.1) is 0 Å². The molecule has 1 saturated heterocycles. The summed E-state index contributed by atoms with van der Waals surface area (Å²) in [5, 5.41) is 4.11. The van der Waals surface area contributed by atoms with Crippen molar-refractivity contribution in [1.29, 1.82) is 0 Å². The van der Waals surface area contributed by atoms with Gasteiger partial charge in [-0.05, 0) is 37.6 Å². The Balaban J connectivity index is 0.00000225. The van der Waals surface area contributed by atoms with Gasteiger partial charge >= 0.3 is 5.63 Å². The number of hydrogen-bond donors (Lipinski definition) is 1. The van der Waals surface area contributed by atoms with Gasteiger partial charge in [0.1, 0.15) is 11.3 Å². The number of benzene rings is 1. The zero-order chi connectivity index (χ0) is 16.9. The molecule has 0 radical (unpaired) electrons. The third kappa shape index (κ3) is 4.74. The van der Waals surface area contributed by atoms with Crippen LogP contribution >= 0.6 is 12.4 Å². The Morgan fingerprint density at radius 1 is 1.36 bits per heavy atom. The fourth-order valence-electron chi connectivity index (χ4n) is 3.02. The molecule has 0 aliphatic carbocycles. The molecule has 6 nitrogen and oxygen atoms in total. The van der Waals surface area contributed by atoms with E-state index >= 15 is 0 Å². The fourth-order valence-corrected chi connectivity index (χ4v) is 3.02. The number of rotatable bonds is 6. The lowest BCUT2D eigenvalue weighted by molar-refractivity contribution is -0.135. The number of ether oxygens (including phenoxy) is 1. The summed E-state index contributed by atoms with van der Waals surface area (Å²) in [5.74, 6) is 0.506. The van der Waals surface area contributed by atoms with Gasteiger partial charge in [0, 0.05) is 36.7 Å². The number of nitrogens with zero attached hydrogens (tertiary/aromatic N) is 1. The van der Waals surface area contributed by atoms with E-state index in [1.54, 1.807) is 18.2 Å². The minimum Gasteiger partial charge on any atom is -0.484 e. The average Bonchev–Trinajstić information content (AvgIpc) is 3.11. The van der Waals surface area contributed by atoms with Gasteiger partial charge in [0.25, 0.3) is 5.91 Å². The first-order chi connectivity index (χ1) is 11.7. The van der Waals surface area contributed by atoms with Crippen LogP contribution in [0.25, 0.3) is 11.0 Å². The Labute approximate surface area is 152 Å². The summed E-state index contributed by atoms with van der Waals surface area (Å²) in [6, 6.07) is 8.55. The lowest BCUT2D eigenvalue weighted by atomic mass is 10.2. The molecule has 2 heterocycles. The van der Waals surface area contributed by atoms with E-state index in [1.807, 2.05) is 11.0 Å². The second-order valence-electron chi connectivity index (χ2n) is 5.98. The molecule has 1 aliphatic heterocycles. The predicted molar refractivity (Wildman–Crippen MR) is 98.5 cm³/mol. The smallest absolute Gasteiger partial charge is 0.336 e. The van der Waals surface area contributed by atoms with Crippen molar-refractivity contribution in [3.05, 3.63) is 40.8 Å². The number of carbonyl (C=O) groups is 1. The molecule has 3 rings (SSSR count). The van der Waals surface area contributed by atoms with E-state index in [9.17, 15) is 9.59 Å². The van der Waals surface area contributed by atoms with Crippen LogP contribution in [-0.4, -0.2) is 43.1 Å². The van der Waals surface area contributed by atoms with Crippen molar-refractivity contribution in [2.24, 2.45) is 0 Å². The van der Waals surface area contributed by atoms with Crippen LogP contribution in [0.3, 0.4) is 0 Å². The van der Waals surface area contributed by atoms with Gasteiger partial charge in [-0.25, -0.2) is 4.79 Å². The molecule has 136 valence electrons. The van der Waals surface area contributed by atoms with Gasteiger partial charge in [-0.15, -0.1) is 12.4 Å². The molecule has 0 bridgehead atoms. The molecular weight excluding hydrogens is 344 g/mol. The van der Waals surface area contributed by atoms with Gasteiger partial charge in [0.2, 0.25) is 0 Å². The molecule has 1 aromatic heterocycles. The van der Waals surface area contributed by atoms with Gasteiger partial charge in [-0.1, -0.05) is 6.92 Å². The summed E-state index contributed by atoms with van der Waals surface area (Å²) in [6.07, 6.45) is 1.90. The molecule has 25 heavy (non-hydrogen) atoms. The SMILES string of the molecule is CCCN(C(=O)COc1ccc2ccc(=O)oc2c1)C1CCNC1.Cl. The highest BCUT2D eigenvalue weighted by Gasteiger charge is 2.25. The predicted octanol–water partition coefficient (Wildman–Crippen LogP) is 2.19. The van der Waals surface area contributed by atoms with Crippen molar-refractivity contribution in [1.82, 2.24) is 10.2 Å². The molecule has 0 saturated carbocycles. The van der Waals surface area contributed by atoms with Crippen molar-refractivity contribution in [3.8, 4) is 5.75 Å². The third-order valence-corrected chi connectivity index (χ3v) is 4.22. The molecule has 7 heteroatoms. The van der Waals surface area contributed by atoms with Crippen LogP contribution in [0.15, 0.2) is 39.5 Å². The first-order valence-corrected chi connectivity index (χ1v) is 8.34. The zero-order valence-corrected chi connectivity index (χ0v) is 15.0. The first-order valence-electron chi connectivity index (χ1n) is 8.34. The maximum atomic E-state index is 12.5. The van der Waals surface area contributed by atoms with E-state index < -0.39 is 5.63 Å². The third-order valence-electron chi connectivity index (χ3n) is 4.22. The van der Waals surface area contributed by atoms with Crippen LogP contribution in [0.4, 0.5) is 0 Å². The Bertz CT molecular complexity index is 771. The number of nitrogens with one attached hydrogen (secondary N) is 1. The van der Waals surface area contributed by atoms with Crippen molar-refractivity contribution in [3.63, 3.8) is 0 Å². The highest BCUT2D eigenvalue weighted by atomic mass is 35.5. The molecule has 0 spiro atoms. The number of hydrogen-bond acceptors (Lipinski definition) is 5. The summed E-state index contributed by atoms with van der Waals surface area (Å²) in [4.78, 5) is 25.7. The highest BCUT2D eigenvalue weighted by Crippen LogP contribution is 2.19. The maximum absolute atomic E-state index is 12.5. The van der Waals surface area contributed by atoms with E-state index in [4.69, 9.17) is 9.15 Å². The second-order valence-corrected chi connectivity index (χ2v) is 5.98. The fraction of sp³-hybridized carbons (Fsp3) is 0.444. The van der Waals surface area contributed by atoms with Crippen molar-refractivity contribution in [2.75, 3.05) is 26.2 Å². The number of amides is 1. The highest BCUT2D eigenvalue weighted by molar-refractivity contribution is 5.85. The topological polar surface area (TPSA) is 71.8 Å². The monoisotopic (exact) mass is 366 g/mol. The van der Waals surface area contributed by atoms with Gasteiger partial charge in [-0.3, -0.25) is 4.79 Å². The van der Waals surface area contributed by atoms with Crippen molar-refractivity contribution < 1.29 is 13.9 Å². The molecule has 1 N–H and O–H groups in total. The van der Waals surface area contributed by atoms with Gasteiger partial charge in [0.05, 0.1) is 0 Å². The Morgan fingerprint density at radius 3 is 2.88 bits per heavy atom. The van der Waals surface area contributed by atoms with Crippen molar-refractivity contribution >= 4 is 29.3 Å². The van der Waals surface area contributed by atoms with E-state index in [1.165, 1.54) is 6.07 Å². The molecule has 1 aromatic carbocycles. The molecule has 1 aliphatic rings. The standard InChI is InChI=1S/C18H22N2O4.ClH/c1-2-9-20(14-7-8-19-11-14)17(21)12-23-15-5-3-13-4-6-18(22)24-16(13)10-15;/h3-6,10,14,19H,2,7-9,11-12H2,1H3;1H. The quantitative estimate of drug-likeness (QED) is 0.793. The Kier molecular flexibility index (Phi) is 6.84. The normalized spacial score (nSPS) is 16.4. The van der Waals surface area contributed by atoms with Crippen LogP contribution in [0.1, 0.15) is 19.8 Å². The molecule has 1 amide bonds. The Morgan fingerprint density at radius 2 is 2.16 bits per heavy atom. The van der Waals surface area contributed by atoms with Crippen LogP contribution in [0.2, 0.25) is 0 Å². The van der Waals surface area contributed by atoms with Crippen molar-refractivity contribution in [2.45, 2.75) is 25.8 Å².